The number of carbonyl (C=O) groups excluding carboxylic acids is 1. The van der Waals surface area contributed by atoms with E-state index in [0.717, 1.165) is 0 Å². The van der Waals surface area contributed by atoms with E-state index in [1.165, 1.54) is 0 Å². The number of amides is 1. The molecule has 0 saturated carbocycles. The molecule has 0 unspecified atom stereocenters. The molecule has 0 aliphatic carbocycles. The van der Waals surface area contributed by atoms with Crippen LogP contribution in [-0.4, -0.2) is 20.1 Å². The molecule has 0 rings (SSSR count). The van der Waals surface area contributed by atoms with E-state index in [9.17, 15) is 4.79 Å². The van der Waals surface area contributed by atoms with Gasteiger partial charge in [0.2, 0.25) is 0 Å². The Labute approximate surface area is 74.1 Å². The quantitative estimate of drug-likeness (QED) is 0.469. The van der Waals surface area contributed by atoms with Crippen LogP contribution >= 0.6 is 0 Å². The van der Waals surface area contributed by atoms with Crippen LogP contribution in [0.2, 0.25) is 0 Å². The van der Waals surface area contributed by atoms with Gasteiger partial charge in [-0.05, 0) is 0 Å². The molecule has 0 saturated heterocycles. The first kappa shape index (κ1) is 10.9. The summed E-state index contributed by atoms with van der Waals surface area (Å²) in [6.07, 6.45) is 0.545. The number of rotatable bonds is 3. The molecule has 4 heteroatoms. The minimum absolute atomic E-state index is 0.0309. The van der Waals surface area contributed by atoms with Crippen molar-refractivity contribution in [3.05, 3.63) is 0 Å². The van der Waals surface area contributed by atoms with E-state index < -0.39 is 0 Å². The Morgan fingerprint density at radius 3 is 2.83 bits per heavy atom. The van der Waals surface area contributed by atoms with Crippen molar-refractivity contribution in [2.24, 2.45) is 10.8 Å². The van der Waals surface area contributed by atoms with Gasteiger partial charge in [0.1, 0.15) is 0 Å². The standard InChI is InChI=1S/C8H13BN2O/c1-7(2)6-8(12)10-4-3-5-11-9/h7,9H,4,6H2,1-2H3,(H,10,12). The Morgan fingerprint density at radius 1 is 1.67 bits per heavy atom. The molecular formula is C8H13BN2O. The number of carbonyl (C=O) groups is 1. The van der Waals surface area contributed by atoms with Crippen LogP contribution in [0.1, 0.15) is 20.3 Å². The molecule has 3 nitrogen and oxygen atoms in total. The summed E-state index contributed by atoms with van der Waals surface area (Å²) < 4.78 is 0. The number of hydrogen-bond acceptors (Lipinski definition) is 2. The fourth-order valence-corrected chi connectivity index (χ4v) is 0.681. The normalized spacial score (nSPS) is 8.50. The van der Waals surface area contributed by atoms with Crippen LogP contribution in [0.15, 0.2) is 4.90 Å². The summed E-state index contributed by atoms with van der Waals surface area (Å²) in [4.78, 5) is 14.3. The van der Waals surface area contributed by atoms with Gasteiger partial charge in [-0.15, -0.1) is 0 Å². The Bertz CT molecular complexity index is 215. The van der Waals surface area contributed by atoms with Crippen molar-refractivity contribution in [1.82, 2.24) is 5.32 Å². The van der Waals surface area contributed by atoms with Crippen molar-refractivity contribution in [2.45, 2.75) is 20.3 Å². The summed E-state index contributed by atoms with van der Waals surface area (Å²) >= 11 is 0. The van der Waals surface area contributed by atoms with Gasteiger partial charge in [-0.3, -0.25) is 0 Å². The van der Waals surface area contributed by atoms with Crippen molar-refractivity contribution in [3.8, 4) is 12.0 Å². The fraction of sp³-hybridized carbons (Fsp3) is 0.625. The number of nitrogens with one attached hydrogen (secondary N) is 1. The van der Waals surface area contributed by atoms with E-state index >= 15 is 0 Å². The van der Waals surface area contributed by atoms with E-state index in [1.54, 1.807) is 0 Å². The van der Waals surface area contributed by atoms with E-state index in [2.05, 4.69) is 29.8 Å². The van der Waals surface area contributed by atoms with E-state index in [4.69, 9.17) is 0 Å². The number of nitrogens with zero attached hydrogens (tertiary/aromatic N) is 1. The van der Waals surface area contributed by atoms with Crippen molar-refractivity contribution >= 4 is 13.5 Å². The second-order valence-electron chi connectivity index (χ2n) is 2.82. The van der Waals surface area contributed by atoms with Crippen molar-refractivity contribution < 1.29 is 4.79 Å². The van der Waals surface area contributed by atoms with E-state index in [1.807, 2.05) is 13.8 Å². The molecule has 1 amide bonds. The summed E-state index contributed by atoms with van der Waals surface area (Å²) in [5, 5.41) is 2.65. The van der Waals surface area contributed by atoms with Gasteiger partial charge >= 0.3 is 73.2 Å². The zero-order valence-electron chi connectivity index (χ0n) is 7.55. The van der Waals surface area contributed by atoms with Crippen molar-refractivity contribution in [2.75, 3.05) is 6.54 Å². The van der Waals surface area contributed by atoms with Gasteiger partial charge in [-0.2, -0.15) is 0 Å². The maximum absolute atomic E-state index is 11.0. The van der Waals surface area contributed by atoms with Crippen LogP contribution in [0, 0.1) is 17.9 Å². The Hall–Kier alpha value is -1.11. The van der Waals surface area contributed by atoms with Gasteiger partial charge in [0.05, 0.1) is 0 Å². The molecule has 1 N–H and O–H groups in total. The van der Waals surface area contributed by atoms with Crippen molar-refractivity contribution in [3.63, 3.8) is 0 Å². The molecule has 0 radical (unpaired) electrons. The van der Waals surface area contributed by atoms with Crippen LogP contribution in [0.3, 0.4) is 0 Å². The van der Waals surface area contributed by atoms with Gasteiger partial charge in [-0.1, -0.05) is 0 Å². The summed E-state index contributed by atoms with van der Waals surface area (Å²) in [5.41, 5.74) is 0. The zero-order chi connectivity index (χ0) is 9.40. The SMILES string of the molecule is B=NC#CCNC(=O)CC(C)C. The van der Waals surface area contributed by atoms with Crippen LogP contribution in [0.25, 0.3) is 0 Å². The molecule has 12 heavy (non-hydrogen) atoms. The average Bonchev–Trinajstić information content (AvgIpc) is 1.97. The fourth-order valence-electron chi connectivity index (χ4n) is 0.681. The average molecular weight is 164 g/mol. The summed E-state index contributed by atoms with van der Waals surface area (Å²) in [5.74, 6) is 3.04. The molecule has 0 aromatic rings. The Balaban J connectivity index is 3.50. The summed E-state index contributed by atoms with van der Waals surface area (Å²) in [6.45, 7) is 4.34. The van der Waals surface area contributed by atoms with E-state index in [-0.39, 0.29) is 5.91 Å². The van der Waals surface area contributed by atoms with Crippen LogP contribution in [0.4, 0.5) is 0 Å². The Morgan fingerprint density at radius 2 is 2.33 bits per heavy atom. The first-order valence-corrected chi connectivity index (χ1v) is 3.87. The third kappa shape index (κ3) is 7.01. The predicted octanol–water partition coefficient (Wildman–Crippen LogP) is 0.194. The second kappa shape index (κ2) is 6.60. The summed E-state index contributed by atoms with van der Waals surface area (Å²) in [7, 11) is 3.19. The molecule has 64 valence electrons. The molecule has 0 aromatic carbocycles. The molecule has 0 heterocycles. The molecule has 0 fully saturated rings. The third-order valence-electron chi connectivity index (χ3n) is 1.13. The number of hydrogen-bond donors (Lipinski definition) is 1. The van der Waals surface area contributed by atoms with Crippen LogP contribution in [0.5, 0.6) is 0 Å². The van der Waals surface area contributed by atoms with Crippen LogP contribution < -0.4 is 5.32 Å². The van der Waals surface area contributed by atoms with Gasteiger partial charge in [0, 0.05) is 0 Å². The molecule has 0 bridgehead atoms. The van der Waals surface area contributed by atoms with Gasteiger partial charge < -0.3 is 0 Å². The third-order valence-corrected chi connectivity index (χ3v) is 1.13. The topological polar surface area (TPSA) is 41.5 Å². The van der Waals surface area contributed by atoms with Gasteiger partial charge in [-0.25, -0.2) is 0 Å². The first-order valence-electron chi connectivity index (χ1n) is 3.87. The summed E-state index contributed by atoms with van der Waals surface area (Å²) in [6, 6.07) is 2.41. The van der Waals surface area contributed by atoms with E-state index in [0.29, 0.717) is 18.9 Å². The van der Waals surface area contributed by atoms with Crippen molar-refractivity contribution in [1.29, 1.82) is 0 Å². The first-order chi connectivity index (χ1) is 5.66. The zero-order valence-corrected chi connectivity index (χ0v) is 7.55. The van der Waals surface area contributed by atoms with Gasteiger partial charge in [0.15, 0.2) is 0 Å². The minimum atomic E-state index is 0.0309. The predicted molar refractivity (Wildman–Crippen MR) is 49.8 cm³/mol. The molecule has 0 spiro atoms. The molecule has 0 aliphatic rings. The van der Waals surface area contributed by atoms with Crippen LogP contribution in [-0.2, 0) is 4.79 Å². The maximum atomic E-state index is 11.0. The van der Waals surface area contributed by atoms with Gasteiger partial charge in [0.25, 0.3) is 0 Å². The molecular weight excluding hydrogens is 151 g/mol. The molecule has 0 aromatic heterocycles. The molecule has 0 atom stereocenters. The Kier molecular flexibility index (Phi) is 5.99. The monoisotopic (exact) mass is 164 g/mol. The second-order valence-corrected chi connectivity index (χ2v) is 2.82. The molecule has 0 aliphatic heterocycles.